The molecule has 0 saturated carbocycles. The van der Waals surface area contributed by atoms with Gasteiger partial charge in [-0.2, -0.15) is 5.10 Å². The van der Waals surface area contributed by atoms with Crippen LogP contribution >= 0.6 is 0 Å². The number of aromatic nitrogens is 2. The lowest BCUT2D eigenvalue weighted by atomic mass is 9.91. The second kappa shape index (κ2) is 7.81. The van der Waals surface area contributed by atoms with E-state index in [0.717, 1.165) is 42.7 Å². The number of hydrogen-bond donors (Lipinski definition) is 1. The Morgan fingerprint density at radius 3 is 2.75 bits per heavy atom. The molecule has 0 spiro atoms. The van der Waals surface area contributed by atoms with E-state index in [9.17, 15) is 9.59 Å². The molecule has 2 amide bonds. The average Bonchev–Trinajstić information content (AvgIpc) is 3.34. The Morgan fingerprint density at radius 2 is 2.04 bits per heavy atom. The molecule has 1 N–H and O–H groups in total. The van der Waals surface area contributed by atoms with Gasteiger partial charge in [0.15, 0.2) is 5.76 Å². The van der Waals surface area contributed by atoms with Crippen molar-refractivity contribution in [2.45, 2.75) is 51.5 Å². The number of piperidine rings is 1. The quantitative estimate of drug-likeness (QED) is 0.879. The van der Waals surface area contributed by atoms with Crippen LogP contribution in [-0.4, -0.2) is 39.6 Å². The molecule has 150 valence electrons. The van der Waals surface area contributed by atoms with Crippen LogP contribution in [0.2, 0.25) is 0 Å². The highest BCUT2D eigenvalue weighted by Gasteiger charge is 2.31. The Hall–Kier alpha value is -2.57. The summed E-state index contributed by atoms with van der Waals surface area (Å²) >= 11 is 0. The number of likely N-dealkylation sites (tertiary alicyclic amines) is 1. The van der Waals surface area contributed by atoms with Crippen molar-refractivity contribution < 1.29 is 14.0 Å². The maximum Gasteiger partial charge on any atom is 0.289 e. The van der Waals surface area contributed by atoms with E-state index >= 15 is 0 Å². The first kappa shape index (κ1) is 18.8. The minimum Gasteiger partial charge on any atom is -0.456 e. The third-order valence-corrected chi connectivity index (χ3v) is 5.91. The van der Waals surface area contributed by atoms with Crippen LogP contribution in [0.5, 0.6) is 0 Å². The minimum atomic E-state index is -0.0779. The number of rotatable bonds is 4. The molecular formula is C21H28N4O3. The van der Waals surface area contributed by atoms with Crippen molar-refractivity contribution in [3.05, 3.63) is 41.1 Å². The molecule has 4 rings (SSSR count). The largest absolute Gasteiger partial charge is 0.456 e. The maximum absolute atomic E-state index is 12.8. The van der Waals surface area contributed by atoms with Crippen LogP contribution in [0.4, 0.5) is 0 Å². The van der Waals surface area contributed by atoms with Crippen molar-refractivity contribution in [3.63, 3.8) is 0 Å². The molecule has 2 aromatic rings. The lowest BCUT2D eigenvalue weighted by Crippen LogP contribution is -2.44. The minimum absolute atomic E-state index is 0.0473. The van der Waals surface area contributed by atoms with Crippen LogP contribution in [-0.2, 0) is 24.7 Å². The summed E-state index contributed by atoms with van der Waals surface area (Å²) in [5, 5.41) is 7.73. The Morgan fingerprint density at radius 1 is 1.25 bits per heavy atom. The van der Waals surface area contributed by atoms with Gasteiger partial charge >= 0.3 is 0 Å². The van der Waals surface area contributed by atoms with Gasteiger partial charge < -0.3 is 14.6 Å². The van der Waals surface area contributed by atoms with E-state index in [1.807, 2.05) is 30.9 Å². The van der Waals surface area contributed by atoms with Gasteiger partial charge in [0.25, 0.3) is 5.91 Å². The molecule has 1 unspecified atom stereocenters. The van der Waals surface area contributed by atoms with Crippen LogP contribution in [0.3, 0.4) is 0 Å². The molecule has 2 aromatic heterocycles. The van der Waals surface area contributed by atoms with Gasteiger partial charge in [0.2, 0.25) is 5.91 Å². The molecule has 7 nitrogen and oxygen atoms in total. The van der Waals surface area contributed by atoms with Crippen molar-refractivity contribution in [3.8, 4) is 0 Å². The predicted octanol–water partition coefficient (Wildman–Crippen LogP) is 2.62. The van der Waals surface area contributed by atoms with Crippen molar-refractivity contribution >= 4 is 11.8 Å². The first-order valence-electron chi connectivity index (χ1n) is 10.3. The standard InChI is InChI=1S/C21H28N4O3/c1-3-15-7-8-19(28-15)21(27)25-11-9-14(10-12-25)20(26)22-17-5-4-6-18-16(17)13-24(2)23-18/h7-8,13-14,17H,3-6,9-12H2,1-2H3,(H,22,26). The molecular weight excluding hydrogens is 356 g/mol. The van der Waals surface area contributed by atoms with Crippen molar-refractivity contribution in [2.24, 2.45) is 13.0 Å². The summed E-state index contributed by atoms with van der Waals surface area (Å²) in [6.07, 6.45) is 7.15. The number of aryl methyl sites for hydroxylation is 3. The normalized spacial score (nSPS) is 20.1. The van der Waals surface area contributed by atoms with Crippen LogP contribution in [0, 0.1) is 5.92 Å². The zero-order valence-electron chi connectivity index (χ0n) is 16.6. The van der Waals surface area contributed by atoms with E-state index in [1.54, 1.807) is 11.0 Å². The molecule has 2 aliphatic rings. The smallest absolute Gasteiger partial charge is 0.289 e. The molecule has 0 aromatic carbocycles. The number of nitrogens with one attached hydrogen (secondary N) is 1. The molecule has 1 aliphatic carbocycles. The van der Waals surface area contributed by atoms with Gasteiger partial charge in [-0.05, 0) is 44.2 Å². The van der Waals surface area contributed by atoms with Gasteiger partial charge in [-0.25, -0.2) is 0 Å². The topological polar surface area (TPSA) is 80.4 Å². The van der Waals surface area contributed by atoms with Gasteiger partial charge in [0.1, 0.15) is 5.76 Å². The van der Waals surface area contributed by atoms with Gasteiger partial charge in [0.05, 0.1) is 11.7 Å². The predicted molar refractivity (Wildman–Crippen MR) is 104 cm³/mol. The Bertz CT molecular complexity index is 861. The Balaban J connectivity index is 1.32. The Labute approximate surface area is 165 Å². The van der Waals surface area contributed by atoms with E-state index in [0.29, 0.717) is 31.7 Å². The van der Waals surface area contributed by atoms with Gasteiger partial charge in [-0.15, -0.1) is 0 Å². The lowest BCUT2D eigenvalue weighted by Gasteiger charge is -2.32. The third-order valence-electron chi connectivity index (χ3n) is 5.91. The van der Waals surface area contributed by atoms with E-state index < -0.39 is 0 Å². The zero-order valence-corrected chi connectivity index (χ0v) is 16.6. The number of carbonyl (C=O) groups excluding carboxylic acids is 2. The monoisotopic (exact) mass is 384 g/mol. The van der Waals surface area contributed by atoms with Crippen LogP contribution in [0.15, 0.2) is 22.7 Å². The molecule has 1 fully saturated rings. The van der Waals surface area contributed by atoms with Gasteiger partial charge in [-0.1, -0.05) is 6.92 Å². The molecule has 1 saturated heterocycles. The number of nitrogens with zero attached hydrogens (tertiary/aromatic N) is 3. The number of carbonyl (C=O) groups is 2. The second-order valence-corrected chi connectivity index (χ2v) is 7.84. The van der Waals surface area contributed by atoms with E-state index in [2.05, 4.69) is 10.4 Å². The first-order valence-corrected chi connectivity index (χ1v) is 10.3. The third kappa shape index (κ3) is 3.70. The van der Waals surface area contributed by atoms with Crippen LogP contribution in [0.25, 0.3) is 0 Å². The fourth-order valence-electron chi connectivity index (χ4n) is 4.29. The molecule has 1 aliphatic heterocycles. The fraction of sp³-hybridized carbons (Fsp3) is 0.571. The highest BCUT2D eigenvalue weighted by molar-refractivity contribution is 5.91. The van der Waals surface area contributed by atoms with Crippen LogP contribution in [0.1, 0.15) is 66.2 Å². The van der Waals surface area contributed by atoms with E-state index in [1.165, 1.54) is 0 Å². The fourth-order valence-corrected chi connectivity index (χ4v) is 4.29. The van der Waals surface area contributed by atoms with Gasteiger partial charge in [-0.3, -0.25) is 14.3 Å². The summed E-state index contributed by atoms with van der Waals surface area (Å²) in [5.74, 6) is 1.19. The van der Waals surface area contributed by atoms with Crippen molar-refractivity contribution in [2.75, 3.05) is 13.1 Å². The second-order valence-electron chi connectivity index (χ2n) is 7.84. The number of furan rings is 1. The summed E-state index contributed by atoms with van der Waals surface area (Å²) in [6, 6.07) is 3.65. The number of amides is 2. The summed E-state index contributed by atoms with van der Waals surface area (Å²) in [7, 11) is 1.92. The summed E-state index contributed by atoms with van der Waals surface area (Å²) < 4.78 is 7.41. The number of fused-ring (bicyclic) bond motifs is 1. The van der Waals surface area contributed by atoms with E-state index in [4.69, 9.17) is 4.42 Å². The molecule has 0 radical (unpaired) electrons. The molecule has 7 heteroatoms. The number of hydrogen-bond acceptors (Lipinski definition) is 4. The van der Waals surface area contributed by atoms with E-state index in [-0.39, 0.29) is 23.8 Å². The summed E-state index contributed by atoms with van der Waals surface area (Å²) in [5.41, 5.74) is 2.25. The lowest BCUT2D eigenvalue weighted by molar-refractivity contribution is -0.127. The summed E-state index contributed by atoms with van der Waals surface area (Å²) in [4.78, 5) is 27.2. The first-order chi connectivity index (χ1) is 13.5. The molecule has 3 heterocycles. The summed E-state index contributed by atoms with van der Waals surface area (Å²) in [6.45, 7) is 3.17. The van der Waals surface area contributed by atoms with Crippen LogP contribution < -0.4 is 5.32 Å². The highest BCUT2D eigenvalue weighted by Crippen LogP contribution is 2.30. The average molecular weight is 384 g/mol. The molecule has 1 atom stereocenters. The Kier molecular flexibility index (Phi) is 5.24. The maximum atomic E-state index is 12.8. The SMILES string of the molecule is CCc1ccc(C(=O)N2CCC(C(=O)NC3CCCc4nn(C)cc43)CC2)o1. The molecule has 28 heavy (non-hydrogen) atoms. The molecule has 0 bridgehead atoms. The van der Waals surface area contributed by atoms with Crippen molar-refractivity contribution in [1.29, 1.82) is 0 Å². The van der Waals surface area contributed by atoms with Gasteiger partial charge in [0, 0.05) is 44.2 Å². The highest BCUT2D eigenvalue weighted by atomic mass is 16.4. The van der Waals surface area contributed by atoms with Crippen molar-refractivity contribution in [1.82, 2.24) is 20.0 Å². The zero-order chi connectivity index (χ0) is 19.7.